The van der Waals surface area contributed by atoms with Gasteiger partial charge in [0, 0.05) is 20.6 Å². The van der Waals surface area contributed by atoms with Crippen molar-refractivity contribution in [2.45, 2.75) is 4.90 Å². The molecule has 1 heterocycles. The molecule has 2 rings (SSSR count). The minimum atomic E-state index is -3.82. The van der Waals surface area contributed by atoms with Crippen molar-refractivity contribution in [1.82, 2.24) is 10.2 Å². The van der Waals surface area contributed by atoms with Crippen molar-refractivity contribution in [2.75, 3.05) is 5.73 Å². The molecule has 1 atom stereocenters. The zero-order valence-electron chi connectivity index (χ0n) is 9.99. The summed E-state index contributed by atoms with van der Waals surface area (Å²) in [5.41, 5.74) is 5.95. The van der Waals surface area contributed by atoms with Crippen LogP contribution in [-0.2, 0) is 10.0 Å². The van der Waals surface area contributed by atoms with E-state index < -0.39 is 10.0 Å². The number of halogens is 1. The van der Waals surface area contributed by atoms with Gasteiger partial charge in [-0.1, -0.05) is 11.6 Å². The van der Waals surface area contributed by atoms with Crippen LogP contribution in [0, 0.1) is 0 Å². The van der Waals surface area contributed by atoms with Gasteiger partial charge in [-0.2, -0.15) is 4.36 Å². The minimum Gasteiger partial charge on any atom is -0.760 e. The molecule has 0 radical (unpaired) electrons. The van der Waals surface area contributed by atoms with Gasteiger partial charge in [-0.25, -0.2) is 0 Å². The first-order valence-corrected chi connectivity index (χ1v) is 6.62. The summed E-state index contributed by atoms with van der Waals surface area (Å²) in [4.78, 5) is 0.0356. The standard InChI is InChI=1S/C10H9ClN4O2S.Na/c11-9-5-6-10(14-13-9)15-18(16,17)8-3-1-7(12)2-4-8;/h1-6H,12H2,(H,14,15,16,17);/q;+1/p-1. The van der Waals surface area contributed by atoms with Crippen molar-refractivity contribution < 1.29 is 38.3 Å². The number of benzene rings is 1. The molecule has 1 aromatic heterocycles. The molecule has 0 fully saturated rings. The molecule has 0 saturated heterocycles. The van der Waals surface area contributed by atoms with E-state index in [0.717, 1.165) is 0 Å². The van der Waals surface area contributed by atoms with Gasteiger partial charge in [0.2, 0.25) is 0 Å². The van der Waals surface area contributed by atoms with Crippen LogP contribution in [0.25, 0.3) is 0 Å². The predicted octanol–water partition coefficient (Wildman–Crippen LogP) is -0.995. The van der Waals surface area contributed by atoms with Gasteiger partial charge < -0.3 is 10.3 Å². The van der Waals surface area contributed by atoms with Gasteiger partial charge in [-0.05, 0) is 36.4 Å². The minimum absolute atomic E-state index is 0. The Balaban J connectivity index is 0.00000180. The number of anilines is 1. The number of nitrogens with zero attached hydrogens (tertiary/aromatic N) is 3. The molecule has 0 aliphatic rings. The van der Waals surface area contributed by atoms with Gasteiger partial charge in [0.25, 0.3) is 0 Å². The van der Waals surface area contributed by atoms with Crippen LogP contribution < -0.4 is 35.3 Å². The fourth-order valence-electron chi connectivity index (χ4n) is 1.17. The van der Waals surface area contributed by atoms with Crippen LogP contribution in [0.1, 0.15) is 0 Å². The molecule has 2 N–H and O–H groups in total. The van der Waals surface area contributed by atoms with E-state index in [9.17, 15) is 8.76 Å². The zero-order chi connectivity index (χ0) is 13.2. The van der Waals surface area contributed by atoms with Crippen molar-refractivity contribution in [3.8, 4) is 0 Å². The molecule has 2 aromatic rings. The molecule has 0 aliphatic heterocycles. The fourth-order valence-corrected chi connectivity index (χ4v) is 2.20. The van der Waals surface area contributed by atoms with E-state index in [4.69, 9.17) is 17.3 Å². The van der Waals surface area contributed by atoms with E-state index >= 15 is 0 Å². The molecule has 0 amide bonds. The molecule has 1 aromatic carbocycles. The Bertz CT molecular complexity index is 669. The third-order valence-electron chi connectivity index (χ3n) is 2.01. The smallest absolute Gasteiger partial charge is 0.760 e. The van der Waals surface area contributed by atoms with Crippen molar-refractivity contribution in [2.24, 2.45) is 4.36 Å². The first-order chi connectivity index (χ1) is 8.47. The van der Waals surface area contributed by atoms with Gasteiger partial charge >= 0.3 is 29.6 Å². The predicted molar refractivity (Wildman–Crippen MR) is 67.2 cm³/mol. The van der Waals surface area contributed by atoms with E-state index in [-0.39, 0.29) is 45.4 Å². The second kappa shape index (κ2) is 6.65. The maximum absolute atomic E-state index is 11.9. The summed E-state index contributed by atoms with van der Waals surface area (Å²) < 4.78 is 27.3. The van der Waals surface area contributed by atoms with Crippen molar-refractivity contribution in [3.05, 3.63) is 41.6 Å². The molecule has 19 heavy (non-hydrogen) atoms. The maximum atomic E-state index is 11.9. The normalized spacial score (nSPS) is 13.2. The number of aromatic nitrogens is 2. The maximum Gasteiger partial charge on any atom is 1.00 e. The summed E-state index contributed by atoms with van der Waals surface area (Å²) in [5.74, 6) is -0.0313. The Morgan fingerprint density at radius 1 is 1.16 bits per heavy atom. The molecular weight excluding hydrogens is 299 g/mol. The molecule has 0 bridgehead atoms. The summed E-state index contributed by atoms with van der Waals surface area (Å²) in [6.07, 6.45) is 0. The molecule has 0 saturated carbocycles. The topological polar surface area (TPSA) is 104 Å². The van der Waals surface area contributed by atoms with E-state index in [1.165, 1.54) is 36.4 Å². The number of nitrogens with two attached hydrogens (primary N) is 1. The molecular formula is C10H8ClN4NaO2S. The van der Waals surface area contributed by atoms with Gasteiger partial charge in [0.15, 0.2) is 11.0 Å². The van der Waals surface area contributed by atoms with Gasteiger partial charge in [0.05, 0.1) is 0 Å². The first-order valence-electron chi connectivity index (χ1n) is 4.80. The average molecular weight is 307 g/mol. The SMILES string of the molecule is Nc1ccc(S(=O)([O-])=Nc2ccc(Cl)nn2)cc1.[Na+]. The van der Waals surface area contributed by atoms with E-state index in [1.54, 1.807) is 0 Å². The molecule has 6 nitrogen and oxygen atoms in total. The Morgan fingerprint density at radius 2 is 1.79 bits per heavy atom. The molecule has 9 heteroatoms. The molecule has 1 unspecified atom stereocenters. The largest absolute Gasteiger partial charge is 1.00 e. The van der Waals surface area contributed by atoms with Gasteiger partial charge in [-0.3, -0.25) is 4.21 Å². The molecule has 0 aliphatic carbocycles. The average Bonchev–Trinajstić information content (AvgIpc) is 2.32. The van der Waals surface area contributed by atoms with Crippen molar-refractivity contribution >= 4 is 33.1 Å². The summed E-state index contributed by atoms with van der Waals surface area (Å²) in [6, 6.07) is 8.48. The molecule has 94 valence electrons. The Hall–Kier alpha value is -0.700. The Labute approximate surface area is 137 Å². The van der Waals surface area contributed by atoms with Crippen LogP contribution in [0.15, 0.2) is 45.7 Å². The number of hydrogen-bond acceptors (Lipinski definition) is 6. The van der Waals surface area contributed by atoms with Crippen LogP contribution in [0.2, 0.25) is 5.15 Å². The van der Waals surface area contributed by atoms with E-state index in [0.29, 0.717) is 5.69 Å². The van der Waals surface area contributed by atoms with Crippen LogP contribution in [-0.4, -0.2) is 19.0 Å². The third kappa shape index (κ3) is 4.41. The Morgan fingerprint density at radius 3 is 2.32 bits per heavy atom. The summed E-state index contributed by atoms with van der Waals surface area (Å²) in [7, 11) is -3.82. The van der Waals surface area contributed by atoms with E-state index in [1.807, 2.05) is 0 Å². The van der Waals surface area contributed by atoms with Crippen LogP contribution in [0.5, 0.6) is 0 Å². The van der Waals surface area contributed by atoms with Crippen LogP contribution in [0.4, 0.5) is 11.5 Å². The van der Waals surface area contributed by atoms with Gasteiger partial charge in [-0.15, -0.1) is 10.2 Å². The van der Waals surface area contributed by atoms with Gasteiger partial charge in [0.1, 0.15) is 0 Å². The zero-order valence-corrected chi connectivity index (χ0v) is 13.6. The summed E-state index contributed by atoms with van der Waals surface area (Å²) >= 11 is 5.54. The second-order valence-corrected chi connectivity index (χ2v) is 5.34. The summed E-state index contributed by atoms with van der Waals surface area (Å²) in [6.45, 7) is 0. The van der Waals surface area contributed by atoms with Crippen LogP contribution in [0.3, 0.4) is 0 Å². The second-order valence-electron chi connectivity index (χ2n) is 3.35. The molecule has 0 spiro atoms. The number of rotatable bonds is 2. The van der Waals surface area contributed by atoms with E-state index in [2.05, 4.69) is 14.6 Å². The fraction of sp³-hybridized carbons (Fsp3) is 0. The summed E-state index contributed by atoms with van der Waals surface area (Å²) in [5, 5.41) is 7.23. The number of hydrogen-bond donors (Lipinski definition) is 1. The monoisotopic (exact) mass is 306 g/mol. The third-order valence-corrected chi connectivity index (χ3v) is 3.51. The van der Waals surface area contributed by atoms with Crippen molar-refractivity contribution in [3.63, 3.8) is 0 Å². The quantitative estimate of drug-likeness (QED) is 0.566. The van der Waals surface area contributed by atoms with Crippen LogP contribution >= 0.6 is 11.6 Å². The number of nitrogen functional groups attached to an aromatic ring is 1. The Kier molecular flexibility index (Phi) is 5.72. The first kappa shape index (κ1) is 16.4. The van der Waals surface area contributed by atoms with Crippen molar-refractivity contribution in [1.29, 1.82) is 0 Å².